The quantitative estimate of drug-likeness (QED) is 0.232. The van der Waals surface area contributed by atoms with Gasteiger partial charge in [-0.05, 0) is 11.6 Å². The zero-order valence-corrected chi connectivity index (χ0v) is 5.34. The first-order valence-electron chi connectivity index (χ1n) is 2.16. The Hall–Kier alpha value is -1.10. The molecule has 0 aromatic carbocycles. The molecule has 0 spiro atoms. The highest BCUT2D eigenvalue weighted by atomic mass is 35.5. The number of rotatable bonds is 1. The molecule has 0 amide bonds. The lowest BCUT2D eigenvalue weighted by atomic mass is 10.6. The lowest BCUT2D eigenvalue weighted by molar-refractivity contribution is 1.25. The predicted octanol–water partition coefficient (Wildman–Crippen LogP) is 2.05. The first-order chi connectivity index (χ1) is 4.41. The molecule has 0 saturated heterocycles. The van der Waals surface area contributed by atoms with Gasteiger partial charge in [-0.3, -0.25) is 0 Å². The molecule has 0 rings (SSSR count). The van der Waals surface area contributed by atoms with Crippen molar-refractivity contribution < 1.29 is 0 Å². The van der Waals surface area contributed by atoms with Crippen molar-refractivity contribution in [2.45, 2.75) is 0 Å². The average molecular weight is 142 g/mol. The molecule has 0 aromatic rings. The lowest BCUT2D eigenvalue weighted by Crippen LogP contribution is -1.64. The van der Waals surface area contributed by atoms with E-state index in [1.807, 2.05) is 0 Å². The summed E-state index contributed by atoms with van der Waals surface area (Å²) in [4.78, 5) is 2.50. The second-order valence-electron chi connectivity index (χ2n) is 1.00. The molecule has 0 N–H and O–H groups in total. The normalized spacial score (nSPS) is 7.67. The van der Waals surface area contributed by atoms with Crippen molar-refractivity contribution in [1.29, 1.82) is 0 Å². The van der Waals surface area contributed by atoms with E-state index < -0.39 is 0 Å². The van der Waals surface area contributed by atoms with Gasteiger partial charge in [-0.15, -0.1) is 0 Å². The highest BCUT2D eigenvalue weighted by molar-refractivity contribution is 6.25. The van der Waals surface area contributed by atoms with E-state index in [4.69, 9.17) is 17.1 Å². The summed E-state index contributed by atoms with van der Waals surface area (Å²) in [6.07, 6.45) is 1.47. The van der Waals surface area contributed by atoms with Gasteiger partial charge < -0.3 is 0 Å². The van der Waals surface area contributed by atoms with Crippen LogP contribution in [0.25, 0.3) is 10.4 Å². The molecule has 0 atom stereocenters. The van der Waals surface area contributed by atoms with Gasteiger partial charge in [0, 0.05) is 10.4 Å². The summed E-state index contributed by atoms with van der Waals surface area (Å²) < 4.78 is 0. The molecule has 0 aliphatic carbocycles. The number of azide groups is 1. The fourth-order valence-electron chi connectivity index (χ4n) is 0.203. The van der Waals surface area contributed by atoms with E-state index >= 15 is 0 Å². The summed E-state index contributed by atoms with van der Waals surface area (Å²) >= 11 is 5.13. The molecule has 0 aliphatic rings. The van der Waals surface area contributed by atoms with Crippen molar-refractivity contribution in [3.63, 3.8) is 0 Å². The summed E-state index contributed by atoms with van der Waals surface area (Å²) in [5, 5.41) is 3.17. The van der Waals surface area contributed by atoms with Crippen LogP contribution in [0.4, 0.5) is 0 Å². The van der Waals surface area contributed by atoms with Crippen molar-refractivity contribution in [2.75, 3.05) is 6.54 Å². The fraction of sp³-hybridized carbons (Fsp3) is 0.200. The molecule has 9 heavy (non-hydrogen) atoms. The first-order valence-corrected chi connectivity index (χ1v) is 2.60. The highest BCUT2D eigenvalue weighted by Gasteiger charge is 1.62. The van der Waals surface area contributed by atoms with Crippen LogP contribution in [-0.2, 0) is 0 Å². The van der Waals surface area contributed by atoms with E-state index in [0.29, 0.717) is 0 Å². The van der Waals surface area contributed by atoms with Crippen molar-refractivity contribution in [3.8, 4) is 11.8 Å². The minimum Gasteiger partial charge on any atom is -0.0925 e. The van der Waals surface area contributed by atoms with Crippen LogP contribution in [-0.4, -0.2) is 6.54 Å². The maximum atomic E-state index is 7.77. The molecular weight excluding hydrogens is 138 g/mol. The van der Waals surface area contributed by atoms with Crippen molar-refractivity contribution in [1.82, 2.24) is 0 Å². The molecule has 46 valence electrons. The van der Waals surface area contributed by atoms with E-state index in [1.54, 1.807) is 0 Å². The summed E-state index contributed by atoms with van der Waals surface area (Å²) in [5.41, 5.74) is 9.06. The predicted molar refractivity (Wildman–Crippen MR) is 36.8 cm³/mol. The number of hydrogen-bond donors (Lipinski definition) is 0. The van der Waals surface area contributed by atoms with Gasteiger partial charge in [-0.1, -0.05) is 28.6 Å². The van der Waals surface area contributed by atoms with Crippen molar-refractivity contribution >= 4 is 11.6 Å². The average Bonchev–Trinajstić information content (AvgIpc) is 1.89. The first kappa shape index (κ1) is 7.90. The largest absolute Gasteiger partial charge is 0.0925 e. The Kier molecular flexibility index (Phi) is 6.06. The fourth-order valence-corrected chi connectivity index (χ4v) is 0.266. The Morgan fingerprint density at radius 3 is 3.11 bits per heavy atom. The van der Waals surface area contributed by atoms with Gasteiger partial charge in [0.2, 0.25) is 0 Å². The molecule has 0 saturated carbocycles. The molecule has 0 heterocycles. The van der Waals surface area contributed by atoms with Gasteiger partial charge in [0.25, 0.3) is 0 Å². The molecule has 0 aliphatic heterocycles. The van der Waals surface area contributed by atoms with Crippen LogP contribution >= 0.6 is 11.6 Å². The molecule has 0 bridgehead atoms. The standard InChI is InChI=1S/C5H4ClN3/c6-4-2-1-3-5-8-9-7/h2,4H,5H2/b4-2-. The summed E-state index contributed by atoms with van der Waals surface area (Å²) in [6, 6.07) is 0. The Bertz CT molecular complexity index is 192. The van der Waals surface area contributed by atoms with Gasteiger partial charge in [-0.2, -0.15) is 0 Å². The zero-order valence-electron chi connectivity index (χ0n) is 4.58. The topological polar surface area (TPSA) is 48.8 Å². The van der Waals surface area contributed by atoms with E-state index in [0.717, 1.165) is 0 Å². The van der Waals surface area contributed by atoms with E-state index in [1.165, 1.54) is 11.6 Å². The Morgan fingerprint density at radius 2 is 2.56 bits per heavy atom. The second-order valence-corrected chi connectivity index (χ2v) is 1.25. The molecule has 0 radical (unpaired) electrons. The monoisotopic (exact) mass is 141 g/mol. The minimum atomic E-state index is 0.192. The Labute approximate surface area is 57.9 Å². The maximum absolute atomic E-state index is 7.77. The summed E-state index contributed by atoms with van der Waals surface area (Å²) in [7, 11) is 0. The van der Waals surface area contributed by atoms with Crippen LogP contribution in [0.5, 0.6) is 0 Å². The second kappa shape index (κ2) is 6.90. The number of allylic oxidation sites excluding steroid dienone is 1. The van der Waals surface area contributed by atoms with Crippen LogP contribution in [0.2, 0.25) is 0 Å². The van der Waals surface area contributed by atoms with Crippen LogP contribution in [0.3, 0.4) is 0 Å². The minimum absolute atomic E-state index is 0.192. The zero-order chi connectivity index (χ0) is 6.95. The summed E-state index contributed by atoms with van der Waals surface area (Å²) in [5.74, 6) is 5.09. The molecule has 0 unspecified atom stereocenters. The van der Waals surface area contributed by atoms with Gasteiger partial charge in [0.1, 0.15) is 0 Å². The molecule has 3 nitrogen and oxygen atoms in total. The highest BCUT2D eigenvalue weighted by Crippen LogP contribution is 1.74. The molecule has 4 heteroatoms. The van der Waals surface area contributed by atoms with Crippen LogP contribution in [0, 0.1) is 11.8 Å². The van der Waals surface area contributed by atoms with Crippen molar-refractivity contribution in [3.05, 3.63) is 22.1 Å². The van der Waals surface area contributed by atoms with Gasteiger partial charge in [-0.25, -0.2) is 0 Å². The number of nitrogens with zero attached hydrogens (tertiary/aromatic N) is 3. The van der Waals surface area contributed by atoms with Gasteiger partial charge in [0.05, 0.1) is 6.54 Å². The third kappa shape index (κ3) is 6.90. The third-order valence-corrected chi connectivity index (χ3v) is 0.587. The van der Waals surface area contributed by atoms with Gasteiger partial charge >= 0.3 is 0 Å². The van der Waals surface area contributed by atoms with E-state index in [2.05, 4.69) is 21.9 Å². The number of hydrogen-bond acceptors (Lipinski definition) is 1. The van der Waals surface area contributed by atoms with Crippen molar-refractivity contribution in [2.24, 2.45) is 5.11 Å². The molecule has 0 aromatic heterocycles. The Balaban J connectivity index is 3.49. The molecular formula is C5H4ClN3. The van der Waals surface area contributed by atoms with Crippen LogP contribution < -0.4 is 0 Å². The maximum Gasteiger partial charge on any atom is 0.0880 e. The molecule has 0 fully saturated rings. The lowest BCUT2D eigenvalue weighted by Gasteiger charge is -1.65. The van der Waals surface area contributed by atoms with Crippen LogP contribution in [0.15, 0.2) is 16.7 Å². The Morgan fingerprint density at radius 1 is 1.78 bits per heavy atom. The SMILES string of the molecule is [N-]=[N+]=NCC#C/C=C\Cl. The van der Waals surface area contributed by atoms with Crippen LogP contribution in [0.1, 0.15) is 0 Å². The third-order valence-electron chi connectivity index (χ3n) is 0.461. The van der Waals surface area contributed by atoms with Gasteiger partial charge in [0.15, 0.2) is 0 Å². The van der Waals surface area contributed by atoms with E-state index in [9.17, 15) is 0 Å². The number of halogens is 1. The summed E-state index contributed by atoms with van der Waals surface area (Å²) in [6.45, 7) is 0.192. The van der Waals surface area contributed by atoms with E-state index in [-0.39, 0.29) is 6.54 Å². The smallest absolute Gasteiger partial charge is 0.0880 e.